The van der Waals surface area contributed by atoms with Gasteiger partial charge in [-0.05, 0) is 0 Å². The van der Waals surface area contributed by atoms with Crippen LogP contribution in [-0.4, -0.2) is 6.54 Å². The van der Waals surface area contributed by atoms with Crippen LogP contribution in [0.4, 0.5) is 0 Å². The van der Waals surface area contributed by atoms with Gasteiger partial charge < -0.3 is 0 Å². The van der Waals surface area contributed by atoms with Gasteiger partial charge in [0.2, 0.25) is 0 Å². The number of nitrogens with zero attached hydrogens (tertiary/aromatic N) is 2. The molecule has 1 aliphatic heterocycles. The summed E-state index contributed by atoms with van der Waals surface area (Å²) in [6, 6.07) is 0. The van der Waals surface area contributed by atoms with Crippen LogP contribution in [0.1, 0.15) is 13.8 Å². The van der Waals surface area contributed by atoms with E-state index in [1.807, 2.05) is 0 Å². The summed E-state index contributed by atoms with van der Waals surface area (Å²) in [5, 5.41) is 7.59. The quantitative estimate of drug-likeness (QED) is 0.455. The van der Waals surface area contributed by atoms with Crippen molar-refractivity contribution in [3.05, 3.63) is 12.3 Å². The molecular weight excluding hydrogens is 100 g/mol. The summed E-state index contributed by atoms with van der Waals surface area (Å²) in [5.74, 6) is 0. The maximum absolute atomic E-state index is 3.87. The molecule has 0 N–H and O–H groups in total. The monoisotopic (exact) mass is 110 g/mol. The molecule has 0 bridgehead atoms. The number of azo groups is 1. The predicted octanol–water partition coefficient (Wildman–Crippen LogP) is 1.99. The summed E-state index contributed by atoms with van der Waals surface area (Å²) in [6.07, 6.45) is 3.82. The van der Waals surface area contributed by atoms with Gasteiger partial charge in [-0.1, -0.05) is 19.9 Å². The molecule has 1 heterocycles. The summed E-state index contributed by atoms with van der Waals surface area (Å²) in [6.45, 7) is 5.10. The number of rotatable bonds is 0. The van der Waals surface area contributed by atoms with Crippen LogP contribution in [0.15, 0.2) is 22.5 Å². The van der Waals surface area contributed by atoms with E-state index in [0.29, 0.717) is 0 Å². The zero-order valence-corrected chi connectivity index (χ0v) is 5.26. The first kappa shape index (κ1) is 5.48. The van der Waals surface area contributed by atoms with Crippen molar-refractivity contribution in [2.24, 2.45) is 15.6 Å². The van der Waals surface area contributed by atoms with Crippen LogP contribution in [0.25, 0.3) is 0 Å². The van der Waals surface area contributed by atoms with E-state index in [1.165, 1.54) is 0 Å². The molecule has 44 valence electrons. The zero-order chi connectivity index (χ0) is 6.04. The molecule has 2 nitrogen and oxygen atoms in total. The van der Waals surface area contributed by atoms with E-state index in [4.69, 9.17) is 0 Å². The highest BCUT2D eigenvalue weighted by atomic mass is 15.1. The SMILES string of the molecule is CC1(C)C=CN=NC1. The summed E-state index contributed by atoms with van der Waals surface area (Å²) in [7, 11) is 0. The molecule has 0 unspecified atom stereocenters. The Morgan fingerprint density at radius 2 is 2.25 bits per heavy atom. The van der Waals surface area contributed by atoms with E-state index in [9.17, 15) is 0 Å². The topological polar surface area (TPSA) is 24.7 Å². The highest BCUT2D eigenvalue weighted by molar-refractivity contribution is 4.96. The number of hydrogen-bond acceptors (Lipinski definition) is 2. The average molecular weight is 110 g/mol. The lowest BCUT2D eigenvalue weighted by Gasteiger charge is -2.17. The molecule has 0 aromatic rings. The lowest BCUT2D eigenvalue weighted by atomic mass is 9.94. The Balaban J connectivity index is 2.65. The second-order valence-electron chi connectivity index (χ2n) is 2.72. The maximum Gasteiger partial charge on any atom is 0.0689 e. The fourth-order valence-corrected chi connectivity index (χ4v) is 0.558. The van der Waals surface area contributed by atoms with Crippen molar-refractivity contribution in [2.75, 3.05) is 6.54 Å². The highest BCUT2D eigenvalue weighted by Gasteiger charge is 2.14. The zero-order valence-electron chi connectivity index (χ0n) is 5.26. The second kappa shape index (κ2) is 1.69. The summed E-state index contributed by atoms with van der Waals surface area (Å²) in [4.78, 5) is 0. The van der Waals surface area contributed by atoms with Crippen LogP contribution in [0.2, 0.25) is 0 Å². The molecule has 1 aliphatic rings. The first-order valence-electron chi connectivity index (χ1n) is 2.75. The average Bonchev–Trinajstić information content (AvgIpc) is 1.65. The molecule has 0 saturated heterocycles. The molecule has 0 atom stereocenters. The van der Waals surface area contributed by atoms with Crippen LogP contribution >= 0.6 is 0 Å². The Morgan fingerprint density at radius 3 is 2.50 bits per heavy atom. The van der Waals surface area contributed by atoms with Crippen molar-refractivity contribution < 1.29 is 0 Å². The van der Waals surface area contributed by atoms with Crippen molar-refractivity contribution in [1.29, 1.82) is 0 Å². The standard InChI is InChI=1S/C6H10N2/c1-6(2)3-4-7-8-5-6/h3-4H,5H2,1-2H3. The third-order valence-corrected chi connectivity index (χ3v) is 1.15. The Labute approximate surface area is 49.3 Å². The Hall–Kier alpha value is -0.660. The molecule has 0 saturated carbocycles. The van der Waals surface area contributed by atoms with Gasteiger partial charge in [0.15, 0.2) is 0 Å². The molecule has 0 fully saturated rings. The second-order valence-corrected chi connectivity index (χ2v) is 2.72. The lowest BCUT2D eigenvalue weighted by Crippen LogP contribution is -2.12. The van der Waals surface area contributed by atoms with Gasteiger partial charge in [-0.25, -0.2) is 0 Å². The van der Waals surface area contributed by atoms with Gasteiger partial charge in [0.05, 0.1) is 6.54 Å². The van der Waals surface area contributed by atoms with Gasteiger partial charge in [-0.3, -0.25) is 0 Å². The minimum absolute atomic E-state index is 0.238. The molecule has 2 heteroatoms. The van der Waals surface area contributed by atoms with Gasteiger partial charge in [0, 0.05) is 11.6 Å². The van der Waals surface area contributed by atoms with E-state index in [1.54, 1.807) is 6.20 Å². The van der Waals surface area contributed by atoms with Crippen molar-refractivity contribution in [2.45, 2.75) is 13.8 Å². The van der Waals surface area contributed by atoms with E-state index in [2.05, 4.69) is 30.2 Å². The Bertz CT molecular complexity index is 133. The van der Waals surface area contributed by atoms with Gasteiger partial charge in [0.1, 0.15) is 0 Å². The number of hydrogen-bond donors (Lipinski definition) is 0. The molecule has 0 radical (unpaired) electrons. The van der Waals surface area contributed by atoms with Crippen LogP contribution < -0.4 is 0 Å². The van der Waals surface area contributed by atoms with Crippen LogP contribution in [0, 0.1) is 5.41 Å². The fraction of sp³-hybridized carbons (Fsp3) is 0.667. The van der Waals surface area contributed by atoms with Gasteiger partial charge in [-0.2, -0.15) is 10.2 Å². The lowest BCUT2D eigenvalue weighted by molar-refractivity contribution is 0.473. The highest BCUT2D eigenvalue weighted by Crippen LogP contribution is 2.19. The summed E-state index contributed by atoms with van der Waals surface area (Å²) < 4.78 is 0. The Morgan fingerprint density at radius 1 is 1.50 bits per heavy atom. The largest absolute Gasteiger partial charge is 0.188 e. The normalized spacial score (nSPS) is 23.8. The van der Waals surface area contributed by atoms with Gasteiger partial charge >= 0.3 is 0 Å². The maximum atomic E-state index is 3.87. The van der Waals surface area contributed by atoms with E-state index in [-0.39, 0.29) is 5.41 Å². The van der Waals surface area contributed by atoms with Gasteiger partial charge in [-0.15, -0.1) is 0 Å². The molecule has 1 rings (SSSR count). The van der Waals surface area contributed by atoms with Crippen LogP contribution in [0.3, 0.4) is 0 Å². The van der Waals surface area contributed by atoms with E-state index in [0.717, 1.165) is 6.54 Å². The summed E-state index contributed by atoms with van der Waals surface area (Å²) >= 11 is 0. The molecule has 0 aromatic carbocycles. The van der Waals surface area contributed by atoms with Crippen molar-refractivity contribution in [3.8, 4) is 0 Å². The van der Waals surface area contributed by atoms with Gasteiger partial charge in [0.25, 0.3) is 0 Å². The van der Waals surface area contributed by atoms with Crippen molar-refractivity contribution in [3.63, 3.8) is 0 Å². The molecule has 8 heavy (non-hydrogen) atoms. The minimum atomic E-state index is 0.238. The molecule has 0 aliphatic carbocycles. The first-order chi connectivity index (χ1) is 3.71. The van der Waals surface area contributed by atoms with Crippen molar-refractivity contribution >= 4 is 0 Å². The third kappa shape index (κ3) is 1.15. The Kier molecular flexibility index (Phi) is 1.16. The molecular formula is C6H10N2. The third-order valence-electron chi connectivity index (χ3n) is 1.15. The molecule has 0 amide bonds. The van der Waals surface area contributed by atoms with E-state index < -0.39 is 0 Å². The van der Waals surface area contributed by atoms with Crippen molar-refractivity contribution in [1.82, 2.24) is 0 Å². The first-order valence-corrected chi connectivity index (χ1v) is 2.75. The molecule has 0 aromatic heterocycles. The fourth-order valence-electron chi connectivity index (χ4n) is 0.558. The predicted molar refractivity (Wildman–Crippen MR) is 32.6 cm³/mol. The summed E-state index contributed by atoms with van der Waals surface area (Å²) in [5.41, 5.74) is 0.238. The van der Waals surface area contributed by atoms with E-state index >= 15 is 0 Å². The van der Waals surface area contributed by atoms with Crippen LogP contribution in [-0.2, 0) is 0 Å². The smallest absolute Gasteiger partial charge is 0.0689 e. The molecule has 0 spiro atoms. The minimum Gasteiger partial charge on any atom is -0.188 e. The van der Waals surface area contributed by atoms with Crippen LogP contribution in [0.5, 0.6) is 0 Å².